The summed E-state index contributed by atoms with van der Waals surface area (Å²) in [4.78, 5) is 10.9. The summed E-state index contributed by atoms with van der Waals surface area (Å²) < 4.78 is 12.4. The number of benzene rings is 1. The second-order valence-electron chi connectivity index (χ2n) is 5.42. The lowest BCUT2D eigenvalue weighted by Crippen LogP contribution is -2.32. The quantitative estimate of drug-likeness (QED) is 0.621. The van der Waals surface area contributed by atoms with Crippen LogP contribution >= 0.6 is 0 Å². The minimum atomic E-state index is -1.30. The van der Waals surface area contributed by atoms with Crippen LogP contribution in [-0.4, -0.2) is 27.5 Å². The van der Waals surface area contributed by atoms with Crippen molar-refractivity contribution in [1.82, 2.24) is 5.32 Å². The first kappa shape index (κ1) is 16.1. The van der Waals surface area contributed by atoms with Gasteiger partial charge in [-0.25, -0.2) is 0 Å². The molecule has 116 valence electrons. The number of para-hydroxylation sites is 1. The van der Waals surface area contributed by atoms with E-state index in [1.165, 1.54) is 18.9 Å². The maximum atomic E-state index is 12.4. The molecule has 0 spiro atoms. The zero-order valence-corrected chi connectivity index (χ0v) is 13.1. The molecule has 0 aromatic heterocycles. The highest BCUT2D eigenvalue weighted by molar-refractivity contribution is 7.85. The molecule has 0 aliphatic heterocycles. The van der Waals surface area contributed by atoms with Crippen LogP contribution in [0, 0.1) is 16.0 Å². The Balaban J connectivity index is 1.97. The standard InChI is InChI=1S/C15H22N2O3S/c1-2-16-13-7-5-6-12(13)10-11-21(20)15-9-4-3-8-14(15)17(18)19/h3-4,8-9,12-13,16H,2,5-7,10-11H2,1H3. The fourth-order valence-electron chi connectivity index (χ4n) is 3.08. The highest BCUT2D eigenvalue weighted by Gasteiger charge is 2.27. The van der Waals surface area contributed by atoms with Gasteiger partial charge in [0, 0.05) is 17.9 Å². The number of nitro groups is 1. The molecule has 21 heavy (non-hydrogen) atoms. The van der Waals surface area contributed by atoms with Gasteiger partial charge >= 0.3 is 0 Å². The van der Waals surface area contributed by atoms with Crippen molar-refractivity contribution < 1.29 is 9.13 Å². The molecule has 3 atom stereocenters. The summed E-state index contributed by atoms with van der Waals surface area (Å²) in [6, 6.07) is 6.85. The summed E-state index contributed by atoms with van der Waals surface area (Å²) in [5.41, 5.74) is -0.0366. The van der Waals surface area contributed by atoms with E-state index in [2.05, 4.69) is 12.2 Å². The lowest BCUT2D eigenvalue weighted by atomic mass is 10.0. The molecule has 5 nitrogen and oxygen atoms in total. The number of rotatable bonds is 7. The van der Waals surface area contributed by atoms with Crippen molar-refractivity contribution in [2.45, 2.75) is 43.5 Å². The van der Waals surface area contributed by atoms with Gasteiger partial charge in [0.15, 0.2) is 0 Å². The fourth-order valence-corrected chi connectivity index (χ4v) is 4.43. The molecule has 0 radical (unpaired) electrons. The van der Waals surface area contributed by atoms with Crippen molar-refractivity contribution in [2.75, 3.05) is 12.3 Å². The fraction of sp³-hybridized carbons (Fsp3) is 0.600. The van der Waals surface area contributed by atoms with E-state index < -0.39 is 15.7 Å². The van der Waals surface area contributed by atoms with Gasteiger partial charge in [0.25, 0.3) is 5.69 Å². The molecule has 1 N–H and O–H groups in total. The monoisotopic (exact) mass is 310 g/mol. The normalized spacial score (nSPS) is 23.1. The minimum Gasteiger partial charge on any atom is -0.314 e. The molecule has 3 unspecified atom stereocenters. The maximum absolute atomic E-state index is 12.4. The summed E-state index contributed by atoms with van der Waals surface area (Å²) in [7, 11) is -1.30. The first-order chi connectivity index (χ1) is 10.1. The molecular formula is C15H22N2O3S. The van der Waals surface area contributed by atoms with Crippen LogP contribution in [0.1, 0.15) is 32.6 Å². The SMILES string of the molecule is CCNC1CCCC1CCS(=O)c1ccccc1[N+](=O)[O-]. The summed E-state index contributed by atoms with van der Waals surface area (Å²) >= 11 is 0. The summed E-state index contributed by atoms with van der Waals surface area (Å²) in [6.07, 6.45) is 4.40. The van der Waals surface area contributed by atoms with E-state index in [1.54, 1.807) is 18.2 Å². The molecule has 1 aromatic rings. The molecule has 0 bridgehead atoms. The Hall–Kier alpha value is -1.27. The Morgan fingerprint density at radius 3 is 2.86 bits per heavy atom. The average molecular weight is 310 g/mol. The van der Waals surface area contributed by atoms with Gasteiger partial charge in [-0.15, -0.1) is 0 Å². The zero-order valence-electron chi connectivity index (χ0n) is 12.3. The van der Waals surface area contributed by atoms with Gasteiger partial charge in [-0.2, -0.15) is 0 Å². The average Bonchev–Trinajstić information content (AvgIpc) is 2.92. The van der Waals surface area contributed by atoms with Gasteiger partial charge in [0.1, 0.15) is 4.90 Å². The number of hydrogen-bond donors (Lipinski definition) is 1. The van der Waals surface area contributed by atoms with Crippen molar-refractivity contribution in [2.24, 2.45) is 5.92 Å². The molecule has 0 heterocycles. The molecule has 2 rings (SSSR count). The smallest absolute Gasteiger partial charge is 0.285 e. The lowest BCUT2D eigenvalue weighted by molar-refractivity contribution is -0.387. The molecule has 1 saturated carbocycles. The molecule has 0 saturated heterocycles. The Kier molecular flexibility index (Phi) is 5.87. The van der Waals surface area contributed by atoms with Crippen LogP contribution in [0.2, 0.25) is 0 Å². The first-order valence-corrected chi connectivity index (χ1v) is 8.80. The summed E-state index contributed by atoms with van der Waals surface area (Å²) in [5, 5.41) is 14.5. The third kappa shape index (κ3) is 4.11. The van der Waals surface area contributed by atoms with Crippen LogP contribution in [0.5, 0.6) is 0 Å². The van der Waals surface area contributed by atoms with E-state index in [0.717, 1.165) is 19.4 Å². The molecule has 1 aliphatic rings. The van der Waals surface area contributed by atoms with Crippen LogP contribution in [-0.2, 0) is 10.8 Å². The van der Waals surface area contributed by atoms with Crippen molar-refractivity contribution in [3.05, 3.63) is 34.4 Å². The highest BCUT2D eigenvalue weighted by Crippen LogP contribution is 2.30. The van der Waals surface area contributed by atoms with Crippen LogP contribution in [0.4, 0.5) is 5.69 Å². The van der Waals surface area contributed by atoms with Gasteiger partial charge in [-0.3, -0.25) is 14.3 Å². The van der Waals surface area contributed by atoms with Crippen molar-refractivity contribution in [3.63, 3.8) is 0 Å². The van der Waals surface area contributed by atoms with Gasteiger partial charge in [-0.05, 0) is 37.8 Å². The van der Waals surface area contributed by atoms with Crippen molar-refractivity contribution in [1.29, 1.82) is 0 Å². The van der Waals surface area contributed by atoms with Gasteiger partial charge in [0.05, 0.1) is 15.7 Å². The molecule has 1 aliphatic carbocycles. The van der Waals surface area contributed by atoms with E-state index in [9.17, 15) is 14.3 Å². The number of nitro benzene ring substituents is 1. The van der Waals surface area contributed by atoms with Crippen LogP contribution in [0.3, 0.4) is 0 Å². The van der Waals surface area contributed by atoms with Crippen molar-refractivity contribution in [3.8, 4) is 0 Å². The lowest BCUT2D eigenvalue weighted by Gasteiger charge is -2.19. The third-order valence-electron chi connectivity index (χ3n) is 4.11. The number of nitrogens with one attached hydrogen (secondary N) is 1. The molecule has 6 heteroatoms. The Morgan fingerprint density at radius 1 is 1.38 bits per heavy atom. The van der Waals surface area contributed by atoms with Crippen molar-refractivity contribution >= 4 is 16.5 Å². The van der Waals surface area contributed by atoms with Crippen LogP contribution < -0.4 is 5.32 Å². The summed E-state index contributed by atoms with van der Waals surface area (Å²) in [6.45, 7) is 3.05. The number of nitrogens with zero attached hydrogens (tertiary/aromatic N) is 1. The predicted molar refractivity (Wildman–Crippen MR) is 83.8 cm³/mol. The first-order valence-electron chi connectivity index (χ1n) is 7.48. The van der Waals surface area contributed by atoms with Crippen LogP contribution in [0.25, 0.3) is 0 Å². The Labute approximate surface area is 127 Å². The zero-order chi connectivity index (χ0) is 15.2. The van der Waals surface area contributed by atoms with Gasteiger partial charge < -0.3 is 5.32 Å². The second-order valence-corrected chi connectivity index (χ2v) is 6.96. The highest BCUT2D eigenvalue weighted by atomic mass is 32.2. The third-order valence-corrected chi connectivity index (χ3v) is 5.55. The Morgan fingerprint density at radius 2 is 2.14 bits per heavy atom. The number of hydrogen-bond acceptors (Lipinski definition) is 4. The van der Waals surface area contributed by atoms with E-state index >= 15 is 0 Å². The summed E-state index contributed by atoms with van der Waals surface area (Å²) in [5.74, 6) is 1.04. The minimum absolute atomic E-state index is 0.0366. The Bertz CT molecular complexity index is 521. The van der Waals surface area contributed by atoms with E-state index in [-0.39, 0.29) is 5.69 Å². The predicted octanol–water partition coefficient (Wildman–Crippen LogP) is 2.87. The van der Waals surface area contributed by atoms with Gasteiger partial charge in [0.2, 0.25) is 0 Å². The molecular weight excluding hydrogens is 288 g/mol. The molecule has 0 amide bonds. The molecule has 1 fully saturated rings. The second kappa shape index (κ2) is 7.66. The largest absolute Gasteiger partial charge is 0.314 e. The van der Waals surface area contributed by atoms with E-state index in [1.807, 2.05) is 0 Å². The van der Waals surface area contributed by atoms with E-state index in [4.69, 9.17) is 0 Å². The topological polar surface area (TPSA) is 72.2 Å². The maximum Gasteiger partial charge on any atom is 0.285 e. The molecule has 1 aromatic carbocycles. The van der Waals surface area contributed by atoms with E-state index in [0.29, 0.717) is 22.6 Å². The van der Waals surface area contributed by atoms with Crippen LogP contribution in [0.15, 0.2) is 29.2 Å². The van der Waals surface area contributed by atoms with Gasteiger partial charge in [-0.1, -0.05) is 25.5 Å².